The molecule has 0 aliphatic rings. The number of aromatic nitrogens is 2. The molecule has 2 N–H and O–H groups in total. The van der Waals surface area contributed by atoms with Crippen LogP contribution >= 0.6 is 0 Å². The van der Waals surface area contributed by atoms with Crippen LogP contribution in [0.4, 0.5) is 17.6 Å². The summed E-state index contributed by atoms with van der Waals surface area (Å²) in [5, 5.41) is 9.11. The van der Waals surface area contributed by atoms with E-state index >= 15 is 8.78 Å². The van der Waals surface area contributed by atoms with Crippen LogP contribution in [0.1, 0.15) is 16.7 Å². The van der Waals surface area contributed by atoms with E-state index in [1.165, 1.54) is 31.4 Å². The van der Waals surface area contributed by atoms with Crippen LogP contribution in [0.25, 0.3) is 33.5 Å². The monoisotopic (exact) mass is 458 g/mol. The van der Waals surface area contributed by atoms with Crippen LogP contribution in [0.2, 0.25) is 0 Å². The van der Waals surface area contributed by atoms with Crippen molar-refractivity contribution in [1.29, 1.82) is 0 Å². The van der Waals surface area contributed by atoms with Gasteiger partial charge in [-0.1, -0.05) is 30.3 Å². The van der Waals surface area contributed by atoms with Gasteiger partial charge < -0.3 is 14.8 Å². The van der Waals surface area contributed by atoms with Crippen molar-refractivity contribution in [2.24, 2.45) is 0 Å². The first-order chi connectivity index (χ1) is 15.7. The number of hydrogen-bond donors (Lipinski definition) is 2. The van der Waals surface area contributed by atoms with Crippen LogP contribution in [0.15, 0.2) is 36.4 Å². The predicted molar refractivity (Wildman–Crippen MR) is 113 cm³/mol. The van der Waals surface area contributed by atoms with Gasteiger partial charge in [0.05, 0.1) is 42.3 Å². The Balaban J connectivity index is 1.89. The zero-order valence-electron chi connectivity index (χ0n) is 17.6. The maximum Gasteiger partial charge on any atom is 0.310 e. The van der Waals surface area contributed by atoms with Crippen molar-refractivity contribution < 1.29 is 32.2 Å². The first-order valence-corrected chi connectivity index (χ1v) is 9.87. The largest absolute Gasteiger partial charge is 0.469 e. The van der Waals surface area contributed by atoms with Crippen molar-refractivity contribution in [3.8, 4) is 22.5 Å². The van der Waals surface area contributed by atoms with Gasteiger partial charge in [-0.25, -0.2) is 22.5 Å². The highest BCUT2D eigenvalue weighted by Crippen LogP contribution is 2.37. The summed E-state index contributed by atoms with van der Waals surface area (Å²) in [4.78, 5) is 18.6. The number of aromatic amines is 1. The highest BCUT2D eigenvalue weighted by molar-refractivity contribution is 5.87. The number of nitrogens with zero attached hydrogens (tertiary/aromatic N) is 1. The number of halogens is 4. The molecule has 0 radical (unpaired) electrons. The predicted octanol–water partition coefficient (Wildman–Crippen LogP) is 4.97. The molecule has 4 rings (SSSR count). The maximum absolute atomic E-state index is 15.0. The van der Waals surface area contributed by atoms with Crippen LogP contribution in [0, 0.1) is 30.2 Å². The molecule has 5 nitrogen and oxygen atoms in total. The van der Waals surface area contributed by atoms with Crippen LogP contribution in [0.3, 0.4) is 0 Å². The molecule has 3 aromatic carbocycles. The Bertz CT molecular complexity index is 1350. The van der Waals surface area contributed by atoms with E-state index in [2.05, 4.69) is 14.7 Å². The van der Waals surface area contributed by atoms with E-state index in [0.717, 1.165) is 5.56 Å². The van der Waals surface area contributed by atoms with Gasteiger partial charge >= 0.3 is 5.97 Å². The number of aliphatic hydroxyl groups excluding tert-OH is 1. The molecule has 0 saturated heterocycles. The van der Waals surface area contributed by atoms with Crippen molar-refractivity contribution in [1.82, 2.24) is 9.97 Å². The Morgan fingerprint density at radius 2 is 1.61 bits per heavy atom. The van der Waals surface area contributed by atoms with Crippen molar-refractivity contribution in [2.45, 2.75) is 20.0 Å². The summed E-state index contributed by atoms with van der Waals surface area (Å²) in [7, 11) is 1.22. The Morgan fingerprint density at radius 1 is 1.00 bits per heavy atom. The first-order valence-electron chi connectivity index (χ1n) is 9.87. The standard InChI is InChI=1S/C24H18F4N2O3/c1-11-7-14(9-16(32)33-2)23-15(8-11)29-24(30-23)18-21(27)19(25)17(20(26)22(18)28)13-5-3-12(10-31)4-6-13/h3-8,31H,9-10H2,1-2H3,(H,29,30). The lowest BCUT2D eigenvalue weighted by molar-refractivity contribution is -0.139. The fourth-order valence-corrected chi connectivity index (χ4v) is 3.70. The topological polar surface area (TPSA) is 75.2 Å². The average Bonchev–Trinajstić information content (AvgIpc) is 3.22. The highest BCUT2D eigenvalue weighted by atomic mass is 19.2. The fourth-order valence-electron chi connectivity index (χ4n) is 3.70. The van der Waals surface area contributed by atoms with E-state index in [-0.39, 0.29) is 24.1 Å². The van der Waals surface area contributed by atoms with Crippen molar-refractivity contribution >= 4 is 17.0 Å². The summed E-state index contributed by atoms with van der Waals surface area (Å²) in [5.41, 5.74) is 0.259. The van der Waals surface area contributed by atoms with Gasteiger partial charge in [0.2, 0.25) is 0 Å². The zero-order chi connectivity index (χ0) is 23.9. The molecule has 9 heteroatoms. The Kier molecular flexibility index (Phi) is 5.90. The third-order valence-electron chi connectivity index (χ3n) is 5.30. The number of H-pyrrole nitrogens is 1. The van der Waals surface area contributed by atoms with Crippen molar-refractivity contribution in [2.75, 3.05) is 7.11 Å². The van der Waals surface area contributed by atoms with Crippen LogP contribution in [-0.2, 0) is 22.6 Å². The number of rotatable bonds is 5. The van der Waals surface area contributed by atoms with Crippen molar-refractivity contribution in [3.05, 3.63) is 76.4 Å². The number of hydrogen-bond acceptors (Lipinski definition) is 4. The second kappa shape index (κ2) is 8.67. The molecule has 0 bridgehead atoms. The third kappa shape index (κ3) is 3.95. The van der Waals surface area contributed by atoms with Gasteiger partial charge in [-0.2, -0.15) is 0 Å². The number of esters is 1. The summed E-state index contributed by atoms with van der Waals surface area (Å²) in [6.45, 7) is 1.45. The second-order valence-electron chi connectivity index (χ2n) is 7.52. The smallest absolute Gasteiger partial charge is 0.310 e. The zero-order valence-corrected chi connectivity index (χ0v) is 17.6. The van der Waals surface area contributed by atoms with E-state index in [1.54, 1.807) is 19.1 Å². The number of benzene rings is 3. The van der Waals surface area contributed by atoms with Gasteiger partial charge in [0, 0.05) is 0 Å². The van der Waals surface area contributed by atoms with E-state index in [0.29, 0.717) is 16.6 Å². The summed E-state index contributed by atoms with van der Waals surface area (Å²) in [5.74, 6) is -7.34. The number of imidazole rings is 1. The Hall–Kier alpha value is -3.72. The maximum atomic E-state index is 15.0. The van der Waals surface area contributed by atoms with Crippen molar-refractivity contribution in [3.63, 3.8) is 0 Å². The van der Waals surface area contributed by atoms with E-state index in [4.69, 9.17) is 5.11 Å². The van der Waals surface area contributed by atoms with Gasteiger partial charge in [0.1, 0.15) is 5.82 Å². The molecular formula is C24H18F4N2O3. The van der Waals surface area contributed by atoms with Crippen LogP contribution < -0.4 is 0 Å². The van der Waals surface area contributed by atoms with Gasteiger partial charge in [0.25, 0.3) is 0 Å². The number of aliphatic hydroxyl groups is 1. The molecule has 0 atom stereocenters. The molecule has 0 aliphatic heterocycles. The molecule has 0 amide bonds. The number of nitrogens with one attached hydrogen (secondary N) is 1. The molecule has 1 heterocycles. The minimum Gasteiger partial charge on any atom is -0.469 e. The quantitative estimate of drug-likeness (QED) is 0.252. The lowest BCUT2D eigenvalue weighted by Gasteiger charge is -2.11. The number of carbonyl (C=O) groups excluding carboxylic acids is 1. The number of carbonyl (C=O) groups is 1. The summed E-state index contributed by atoms with van der Waals surface area (Å²) < 4.78 is 64.6. The minimum atomic E-state index is -1.61. The van der Waals surface area contributed by atoms with Gasteiger partial charge in [-0.15, -0.1) is 0 Å². The molecule has 0 aliphatic carbocycles. The van der Waals surface area contributed by atoms with E-state index < -0.39 is 46.2 Å². The van der Waals surface area contributed by atoms with Gasteiger partial charge in [-0.3, -0.25) is 4.79 Å². The number of aryl methyl sites for hydroxylation is 1. The lowest BCUT2D eigenvalue weighted by Crippen LogP contribution is -2.05. The molecule has 0 spiro atoms. The van der Waals surface area contributed by atoms with E-state index in [1.807, 2.05) is 0 Å². The third-order valence-corrected chi connectivity index (χ3v) is 5.30. The normalized spacial score (nSPS) is 11.2. The van der Waals surface area contributed by atoms with Gasteiger partial charge in [-0.05, 0) is 35.2 Å². The molecule has 170 valence electrons. The first kappa shape index (κ1) is 22.5. The lowest BCUT2D eigenvalue weighted by atomic mass is 9.99. The fraction of sp³-hybridized carbons (Fsp3) is 0.167. The summed E-state index contributed by atoms with van der Waals surface area (Å²) in [6, 6.07) is 8.59. The van der Waals surface area contributed by atoms with E-state index in [9.17, 15) is 13.6 Å². The number of fused-ring (bicyclic) bond motifs is 1. The minimum absolute atomic E-state index is 0.0906. The molecule has 1 aromatic heterocycles. The second-order valence-corrected chi connectivity index (χ2v) is 7.52. The molecule has 0 fully saturated rings. The average molecular weight is 458 g/mol. The SMILES string of the molecule is COC(=O)Cc1cc(C)cc2[nH]c(-c3c(F)c(F)c(-c4ccc(CO)cc4)c(F)c3F)nc12. The Labute approximate surface area is 185 Å². The number of ether oxygens (including phenoxy) is 1. The molecule has 0 unspecified atom stereocenters. The summed E-state index contributed by atoms with van der Waals surface area (Å²) in [6.07, 6.45) is -0.143. The van der Waals surface area contributed by atoms with Crippen LogP contribution in [-0.4, -0.2) is 28.2 Å². The summed E-state index contributed by atoms with van der Waals surface area (Å²) >= 11 is 0. The van der Waals surface area contributed by atoms with Gasteiger partial charge in [0.15, 0.2) is 23.3 Å². The Morgan fingerprint density at radius 3 is 2.18 bits per heavy atom. The highest BCUT2D eigenvalue weighted by Gasteiger charge is 2.29. The van der Waals surface area contributed by atoms with Crippen LogP contribution in [0.5, 0.6) is 0 Å². The number of methoxy groups -OCH3 is 1. The molecular weight excluding hydrogens is 440 g/mol. The molecule has 33 heavy (non-hydrogen) atoms. The molecule has 0 saturated carbocycles. The molecule has 4 aromatic rings.